The van der Waals surface area contributed by atoms with Crippen LogP contribution in [-0.2, 0) is 38.1 Å². The lowest BCUT2D eigenvalue weighted by Crippen LogP contribution is -2.50. The molecule has 2 aromatic carbocycles. The summed E-state index contributed by atoms with van der Waals surface area (Å²) in [5.74, 6) is 2.05. The topological polar surface area (TPSA) is 197 Å². The van der Waals surface area contributed by atoms with Crippen molar-refractivity contribution in [2.75, 3.05) is 112 Å². The maximum atomic E-state index is 13.2. The van der Waals surface area contributed by atoms with Gasteiger partial charge in [-0.1, -0.05) is 18.2 Å². The van der Waals surface area contributed by atoms with Gasteiger partial charge in [0.05, 0.1) is 58.4 Å². The van der Waals surface area contributed by atoms with E-state index in [9.17, 15) is 19.2 Å². The molecule has 2 N–H and O–H groups in total. The molecule has 0 saturated carbocycles. The van der Waals surface area contributed by atoms with E-state index in [2.05, 4.69) is 30.1 Å². The van der Waals surface area contributed by atoms with Crippen molar-refractivity contribution < 1.29 is 52.3 Å². The molecule has 4 heterocycles. The quantitative estimate of drug-likeness (QED) is 0.0667. The van der Waals surface area contributed by atoms with Crippen molar-refractivity contribution in [2.24, 2.45) is 0 Å². The summed E-state index contributed by atoms with van der Waals surface area (Å²) < 4.78 is 41.4. The fourth-order valence-electron chi connectivity index (χ4n) is 7.47. The molecule has 0 aliphatic carbocycles. The zero-order valence-electron chi connectivity index (χ0n) is 39.5. The predicted octanol–water partition coefficient (Wildman–Crippen LogP) is 4.98. The molecule has 19 heteroatoms. The van der Waals surface area contributed by atoms with Crippen molar-refractivity contribution in [1.82, 2.24) is 39.9 Å². The van der Waals surface area contributed by atoms with E-state index >= 15 is 0 Å². The number of piperidine rings is 1. The van der Waals surface area contributed by atoms with Gasteiger partial charge in [-0.25, -0.2) is 9.78 Å². The lowest BCUT2D eigenvalue weighted by atomic mass is 10.0. The lowest BCUT2D eigenvalue weighted by Gasteiger charge is -2.34. The third-order valence-corrected chi connectivity index (χ3v) is 11.0. The average Bonchev–Trinajstić information content (AvgIpc) is 3.78. The van der Waals surface area contributed by atoms with Crippen LogP contribution in [0.25, 0.3) is 11.0 Å². The predicted molar refractivity (Wildman–Crippen MR) is 253 cm³/mol. The Hall–Kier alpha value is -6.12. The molecule has 2 aliphatic heterocycles. The molecular formula is C49H66N8O11. The van der Waals surface area contributed by atoms with Gasteiger partial charge in [0.2, 0.25) is 23.6 Å². The Morgan fingerprint density at radius 2 is 1.22 bits per heavy atom. The molecule has 0 bridgehead atoms. The molecule has 2 fully saturated rings. The van der Waals surface area contributed by atoms with Gasteiger partial charge in [0.25, 0.3) is 0 Å². The molecule has 0 atom stereocenters. The number of rotatable bonds is 25. The van der Waals surface area contributed by atoms with E-state index in [1.54, 1.807) is 30.6 Å². The van der Waals surface area contributed by atoms with Crippen molar-refractivity contribution >= 4 is 34.8 Å². The highest BCUT2D eigenvalue weighted by atomic mass is 16.6. The summed E-state index contributed by atoms with van der Waals surface area (Å²) in [5.41, 5.74) is 1.03. The molecule has 19 nitrogen and oxygen atoms in total. The molecule has 68 heavy (non-hydrogen) atoms. The number of hydrogen-bond donors (Lipinski definition) is 2. The van der Waals surface area contributed by atoms with Crippen LogP contribution in [-0.4, -0.2) is 170 Å². The lowest BCUT2D eigenvalue weighted by molar-refractivity contribution is -0.129. The molecule has 0 spiro atoms. The minimum absolute atomic E-state index is 0.0875. The Kier molecular flexibility index (Phi) is 20.4. The second-order valence-corrected chi connectivity index (χ2v) is 17.2. The van der Waals surface area contributed by atoms with Crippen LogP contribution in [0.2, 0.25) is 0 Å². The molecule has 6 rings (SSSR count). The monoisotopic (exact) mass is 942 g/mol. The van der Waals surface area contributed by atoms with Crippen molar-refractivity contribution in [2.45, 2.75) is 51.7 Å². The third-order valence-electron chi connectivity index (χ3n) is 11.0. The number of nitrogens with one attached hydrogen (secondary N) is 2. The Labute approximate surface area is 398 Å². The van der Waals surface area contributed by atoms with Gasteiger partial charge in [-0.05, 0) is 76.1 Å². The Morgan fingerprint density at radius 1 is 0.647 bits per heavy atom. The number of fused-ring (bicyclic) bond motifs is 1. The molecule has 0 radical (unpaired) electrons. The number of piperazine rings is 1. The number of hydrogen-bond acceptors (Lipinski definition) is 14. The van der Waals surface area contributed by atoms with E-state index < -0.39 is 11.7 Å². The van der Waals surface area contributed by atoms with Crippen LogP contribution in [0.15, 0.2) is 85.3 Å². The number of nitrogens with zero attached hydrogens (tertiary/aromatic N) is 6. The highest BCUT2D eigenvalue weighted by Crippen LogP contribution is 2.34. The van der Waals surface area contributed by atoms with E-state index in [-0.39, 0.29) is 30.2 Å². The molecule has 4 amide bonds. The standard InChI is InChI=1S/C49H66N8O11/c1-49(2,3)68-48(61)51-20-30-63-32-34-65-36-35-64-33-31-62-29-18-43(58)50-19-24-54-25-27-56(28-26-54)45(60)14-13-44(59)55-21-15-38(16-22-55)57-23-17-42-46(57)47(53-37-52-42)67-41-11-9-40(10-12-41)66-39-7-5-4-6-8-39/h4-14,17,23,37-38H,15-16,18-22,24-36H2,1-3H3,(H,50,58)(H,51,61)/b14-13+. The Bertz CT molecular complexity index is 2200. The molecule has 368 valence electrons. The average molecular weight is 943 g/mol. The van der Waals surface area contributed by atoms with E-state index in [0.29, 0.717) is 129 Å². The number of alkyl carbamates (subject to hydrolysis) is 1. The molecule has 2 aliphatic rings. The van der Waals surface area contributed by atoms with E-state index in [1.165, 1.54) is 18.5 Å². The first kappa shape index (κ1) is 51.3. The number of carbonyl (C=O) groups excluding carboxylic acids is 4. The summed E-state index contributed by atoms with van der Waals surface area (Å²) in [5, 5.41) is 5.56. The van der Waals surface area contributed by atoms with Gasteiger partial charge in [-0.15, -0.1) is 0 Å². The Morgan fingerprint density at radius 3 is 1.85 bits per heavy atom. The smallest absolute Gasteiger partial charge is 0.407 e. The number of benzene rings is 2. The van der Waals surface area contributed by atoms with E-state index in [0.717, 1.165) is 29.6 Å². The van der Waals surface area contributed by atoms with E-state index in [1.807, 2.05) is 66.9 Å². The molecule has 2 aromatic heterocycles. The highest BCUT2D eigenvalue weighted by Gasteiger charge is 2.26. The first-order chi connectivity index (χ1) is 33.0. The van der Waals surface area contributed by atoms with Gasteiger partial charge in [-0.2, -0.15) is 4.98 Å². The number of para-hydroxylation sites is 1. The molecule has 0 unspecified atom stereocenters. The largest absolute Gasteiger partial charge is 0.457 e. The summed E-state index contributed by atoms with van der Waals surface area (Å²) in [6.45, 7) is 13.5. The fraction of sp³-hybridized carbons (Fsp3) is 0.510. The highest BCUT2D eigenvalue weighted by molar-refractivity contribution is 5.96. The number of amides is 4. The van der Waals surface area contributed by atoms with Crippen molar-refractivity contribution in [3.05, 3.63) is 85.3 Å². The van der Waals surface area contributed by atoms with Gasteiger partial charge in [-0.3, -0.25) is 19.3 Å². The second-order valence-electron chi connectivity index (χ2n) is 17.2. The summed E-state index contributed by atoms with van der Waals surface area (Å²) in [7, 11) is 0. The van der Waals surface area contributed by atoms with Crippen LogP contribution in [0.5, 0.6) is 23.1 Å². The maximum absolute atomic E-state index is 13.2. The summed E-state index contributed by atoms with van der Waals surface area (Å²) in [4.78, 5) is 64.7. The minimum Gasteiger partial charge on any atom is -0.457 e. The summed E-state index contributed by atoms with van der Waals surface area (Å²) in [6, 6.07) is 19.0. The Balaban J connectivity index is 0.774. The van der Waals surface area contributed by atoms with Gasteiger partial charge in [0.1, 0.15) is 34.7 Å². The molecule has 4 aromatic rings. The fourth-order valence-corrected chi connectivity index (χ4v) is 7.47. The van der Waals surface area contributed by atoms with Crippen LogP contribution in [0.3, 0.4) is 0 Å². The number of ether oxygens (including phenoxy) is 7. The van der Waals surface area contributed by atoms with Gasteiger partial charge < -0.3 is 58.2 Å². The maximum Gasteiger partial charge on any atom is 0.407 e. The summed E-state index contributed by atoms with van der Waals surface area (Å²) >= 11 is 0. The third kappa shape index (κ3) is 17.5. The molecular weight excluding hydrogens is 877 g/mol. The van der Waals surface area contributed by atoms with Crippen molar-refractivity contribution in [3.63, 3.8) is 0 Å². The van der Waals surface area contributed by atoms with Gasteiger partial charge in [0.15, 0.2) is 0 Å². The SMILES string of the molecule is CC(C)(C)OC(=O)NCCOCCOCCOCCOCCC(=O)NCCN1CCN(C(=O)/C=C/C(=O)N2CCC(n3ccc4ncnc(Oc5ccc(Oc6ccccc6)cc5)c43)CC2)CC1. The van der Waals surface area contributed by atoms with Crippen LogP contribution in [0.4, 0.5) is 4.79 Å². The minimum atomic E-state index is -0.536. The molecule has 2 saturated heterocycles. The first-order valence-electron chi connectivity index (χ1n) is 23.4. The van der Waals surface area contributed by atoms with Gasteiger partial charge in [0, 0.05) is 89.7 Å². The normalized spacial score (nSPS) is 14.9. The van der Waals surface area contributed by atoms with E-state index in [4.69, 9.17) is 33.2 Å². The van der Waals surface area contributed by atoms with Crippen LogP contribution in [0.1, 0.15) is 46.1 Å². The van der Waals surface area contributed by atoms with Crippen molar-refractivity contribution in [1.29, 1.82) is 0 Å². The first-order valence-corrected chi connectivity index (χ1v) is 23.4. The van der Waals surface area contributed by atoms with Crippen molar-refractivity contribution in [3.8, 4) is 23.1 Å². The zero-order chi connectivity index (χ0) is 48.0. The second kappa shape index (κ2) is 27.0. The number of carbonyl (C=O) groups is 4. The summed E-state index contributed by atoms with van der Waals surface area (Å²) in [6.07, 6.45) is 7.48. The van der Waals surface area contributed by atoms with Crippen LogP contribution >= 0.6 is 0 Å². The number of aromatic nitrogens is 3. The van der Waals surface area contributed by atoms with Crippen LogP contribution in [0, 0.1) is 0 Å². The van der Waals surface area contributed by atoms with Gasteiger partial charge >= 0.3 is 6.09 Å². The zero-order valence-corrected chi connectivity index (χ0v) is 39.5. The van der Waals surface area contributed by atoms with Crippen LogP contribution < -0.4 is 20.1 Å². The number of likely N-dealkylation sites (tertiary alicyclic amines) is 1.